The van der Waals surface area contributed by atoms with E-state index in [1.165, 1.54) is 23.0 Å². The second kappa shape index (κ2) is 5.23. The van der Waals surface area contributed by atoms with Gasteiger partial charge in [0.15, 0.2) is 0 Å². The summed E-state index contributed by atoms with van der Waals surface area (Å²) in [5.41, 5.74) is 2.49. The van der Waals surface area contributed by atoms with E-state index in [0.717, 1.165) is 18.7 Å². The number of nitrogens with zero attached hydrogens (tertiary/aromatic N) is 1. The lowest BCUT2D eigenvalue weighted by molar-refractivity contribution is 0.400. The topological polar surface area (TPSA) is 28.3 Å². The Morgan fingerprint density at radius 3 is 2.76 bits per heavy atom. The van der Waals surface area contributed by atoms with Crippen LogP contribution in [0, 0.1) is 0 Å². The number of aromatic amines is 1. The summed E-state index contributed by atoms with van der Waals surface area (Å²) in [5, 5.41) is 1.23. The van der Waals surface area contributed by atoms with Gasteiger partial charge in [-0.05, 0) is 57.7 Å². The van der Waals surface area contributed by atoms with Crippen LogP contribution in [0.3, 0.4) is 0 Å². The average Bonchev–Trinajstić information content (AvgIpc) is 2.69. The van der Waals surface area contributed by atoms with Gasteiger partial charge in [-0.2, -0.15) is 0 Å². The highest BCUT2D eigenvalue weighted by molar-refractivity contribution is 5.81. The summed E-state index contributed by atoms with van der Waals surface area (Å²) in [7, 11) is 5.91. The number of rotatable bonds is 5. The van der Waals surface area contributed by atoms with E-state index in [4.69, 9.17) is 4.74 Å². The molecule has 0 saturated heterocycles. The van der Waals surface area contributed by atoms with E-state index in [0.29, 0.717) is 0 Å². The third-order valence-electron chi connectivity index (χ3n) is 2.94. The molecule has 0 saturated carbocycles. The molecule has 1 aromatic heterocycles. The molecule has 0 bridgehead atoms. The number of hydrogen-bond acceptors (Lipinski definition) is 2. The number of aryl methyl sites for hydroxylation is 1. The van der Waals surface area contributed by atoms with Crippen molar-refractivity contribution in [3.63, 3.8) is 0 Å². The van der Waals surface area contributed by atoms with Crippen LogP contribution in [0.4, 0.5) is 0 Å². The molecule has 0 radical (unpaired) electrons. The lowest BCUT2D eigenvalue weighted by Gasteiger charge is -2.07. The van der Waals surface area contributed by atoms with Crippen molar-refractivity contribution in [2.75, 3.05) is 27.7 Å². The van der Waals surface area contributed by atoms with E-state index in [9.17, 15) is 0 Å². The highest BCUT2D eigenvalue weighted by Gasteiger charge is 2.02. The number of nitrogens with one attached hydrogen (secondary N) is 1. The predicted octanol–water partition coefficient (Wildman–Crippen LogP) is 2.67. The fourth-order valence-electron chi connectivity index (χ4n) is 2.02. The molecule has 0 spiro atoms. The highest BCUT2D eigenvalue weighted by atomic mass is 16.5. The van der Waals surface area contributed by atoms with E-state index in [-0.39, 0.29) is 0 Å². The molecule has 0 atom stereocenters. The summed E-state index contributed by atoms with van der Waals surface area (Å²) >= 11 is 0. The van der Waals surface area contributed by atoms with Gasteiger partial charge < -0.3 is 14.6 Å². The Labute approximate surface area is 102 Å². The number of ether oxygens (including phenoxy) is 1. The molecule has 0 aliphatic carbocycles. The van der Waals surface area contributed by atoms with Crippen molar-refractivity contribution in [3.8, 4) is 5.75 Å². The number of aromatic nitrogens is 1. The van der Waals surface area contributed by atoms with Gasteiger partial charge >= 0.3 is 0 Å². The fraction of sp³-hybridized carbons (Fsp3) is 0.429. The van der Waals surface area contributed by atoms with Gasteiger partial charge in [-0.1, -0.05) is 0 Å². The van der Waals surface area contributed by atoms with Gasteiger partial charge in [-0.3, -0.25) is 0 Å². The molecule has 1 aromatic carbocycles. The van der Waals surface area contributed by atoms with Gasteiger partial charge in [0.05, 0.1) is 7.11 Å². The van der Waals surface area contributed by atoms with Crippen LogP contribution < -0.4 is 4.74 Å². The molecule has 92 valence electrons. The highest BCUT2D eigenvalue weighted by Crippen LogP contribution is 2.21. The van der Waals surface area contributed by atoms with Gasteiger partial charge in [0.2, 0.25) is 0 Å². The number of hydrogen-bond donors (Lipinski definition) is 1. The maximum Gasteiger partial charge on any atom is 0.119 e. The van der Waals surface area contributed by atoms with Crippen LogP contribution in [-0.4, -0.2) is 37.6 Å². The van der Waals surface area contributed by atoms with Crippen molar-refractivity contribution in [1.82, 2.24) is 9.88 Å². The van der Waals surface area contributed by atoms with Gasteiger partial charge in [0, 0.05) is 16.6 Å². The normalized spacial score (nSPS) is 11.3. The minimum atomic E-state index is 0.913. The molecule has 0 aliphatic heterocycles. The van der Waals surface area contributed by atoms with Crippen LogP contribution in [0.2, 0.25) is 0 Å². The first-order chi connectivity index (χ1) is 8.19. The Hall–Kier alpha value is -1.48. The van der Waals surface area contributed by atoms with Crippen LogP contribution in [0.25, 0.3) is 10.9 Å². The molecule has 0 unspecified atom stereocenters. The van der Waals surface area contributed by atoms with Crippen molar-refractivity contribution in [1.29, 1.82) is 0 Å². The Balaban J connectivity index is 2.09. The molecule has 0 fully saturated rings. The lowest BCUT2D eigenvalue weighted by atomic mass is 10.2. The monoisotopic (exact) mass is 232 g/mol. The van der Waals surface area contributed by atoms with Crippen molar-refractivity contribution in [2.24, 2.45) is 0 Å². The third kappa shape index (κ3) is 3.01. The Kier molecular flexibility index (Phi) is 3.69. The minimum absolute atomic E-state index is 0.913. The maximum atomic E-state index is 5.22. The Morgan fingerprint density at radius 2 is 2.06 bits per heavy atom. The first kappa shape index (κ1) is 12.0. The lowest BCUT2D eigenvalue weighted by Crippen LogP contribution is -2.13. The molecule has 1 N–H and O–H groups in total. The van der Waals surface area contributed by atoms with Gasteiger partial charge in [-0.25, -0.2) is 0 Å². The maximum absolute atomic E-state index is 5.22. The van der Waals surface area contributed by atoms with E-state index in [1.54, 1.807) is 7.11 Å². The van der Waals surface area contributed by atoms with Crippen LogP contribution in [-0.2, 0) is 6.42 Å². The van der Waals surface area contributed by atoms with Crippen molar-refractivity contribution >= 4 is 10.9 Å². The third-order valence-corrected chi connectivity index (χ3v) is 2.94. The predicted molar refractivity (Wildman–Crippen MR) is 71.7 cm³/mol. The molecular weight excluding hydrogens is 212 g/mol. The van der Waals surface area contributed by atoms with E-state index >= 15 is 0 Å². The second-order valence-electron chi connectivity index (χ2n) is 4.65. The summed E-state index contributed by atoms with van der Waals surface area (Å²) < 4.78 is 5.22. The van der Waals surface area contributed by atoms with E-state index < -0.39 is 0 Å². The van der Waals surface area contributed by atoms with Crippen molar-refractivity contribution in [2.45, 2.75) is 12.8 Å². The molecule has 3 heteroatoms. The Bertz CT molecular complexity index is 488. The molecule has 2 rings (SSSR count). The first-order valence-corrected chi connectivity index (χ1v) is 5.99. The molecule has 3 nitrogen and oxygen atoms in total. The molecule has 1 heterocycles. The summed E-state index contributed by atoms with van der Waals surface area (Å²) in [4.78, 5) is 5.66. The number of methoxy groups -OCH3 is 1. The zero-order chi connectivity index (χ0) is 12.3. The largest absolute Gasteiger partial charge is 0.497 e. The minimum Gasteiger partial charge on any atom is -0.497 e. The van der Waals surface area contributed by atoms with E-state index in [1.807, 2.05) is 6.07 Å². The van der Waals surface area contributed by atoms with Gasteiger partial charge in [0.25, 0.3) is 0 Å². The molecule has 0 aliphatic rings. The smallest absolute Gasteiger partial charge is 0.119 e. The first-order valence-electron chi connectivity index (χ1n) is 5.99. The fourth-order valence-corrected chi connectivity index (χ4v) is 2.02. The quantitative estimate of drug-likeness (QED) is 0.858. The molecule has 17 heavy (non-hydrogen) atoms. The molecule has 0 amide bonds. The summed E-state index contributed by atoms with van der Waals surface area (Å²) in [6, 6.07) is 8.35. The molecular formula is C14H20N2O. The van der Waals surface area contributed by atoms with Crippen LogP contribution in [0.1, 0.15) is 12.1 Å². The number of fused-ring (bicyclic) bond motifs is 1. The zero-order valence-corrected chi connectivity index (χ0v) is 10.8. The van der Waals surface area contributed by atoms with Crippen molar-refractivity contribution < 1.29 is 4.74 Å². The second-order valence-corrected chi connectivity index (χ2v) is 4.65. The average molecular weight is 232 g/mol. The van der Waals surface area contributed by atoms with Gasteiger partial charge in [-0.15, -0.1) is 0 Å². The van der Waals surface area contributed by atoms with Crippen LogP contribution in [0.5, 0.6) is 5.75 Å². The zero-order valence-electron chi connectivity index (χ0n) is 10.8. The number of benzene rings is 1. The van der Waals surface area contributed by atoms with Gasteiger partial charge in [0.1, 0.15) is 5.75 Å². The van der Waals surface area contributed by atoms with Crippen LogP contribution in [0.15, 0.2) is 24.3 Å². The number of H-pyrrole nitrogens is 1. The Morgan fingerprint density at radius 1 is 1.24 bits per heavy atom. The summed E-state index contributed by atoms with van der Waals surface area (Å²) in [6.45, 7) is 1.12. The molecule has 2 aromatic rings. The van der Waals surface area contributed by atoms with E-state index in [2.05, 4.69) is 42.2 Å². The SMILES string of the molecule is COc1ccc2[nH]c(CCCN(C)C)cc2c1. The summed E-state index contributed by atoms with van der Waals surface area (Å²) in [6.07, 6.45) is 2.27. The standard InChI is InChI=1S/C14H20N2O/c1-16(2)8-4-5-12-9-11-10-13(17-3)6-7-14(11)15-12/h6-7,9-10,15H,4-5,8H2,1-3H3. The van der Waals surface area contributed by atoms with Crippen LogP contribution >= 0.6 is 0 Å². The summed E-state index contributed by atoms with van der Waals surface area (Å²) in [5.74, 6) is 0.913. The van der Waals surface area contributed by atoms with Crippen molar-refractivity contribution in [3.05, 3.63) is 30.0 Å².